The summed E-state index contributed by atoms with van der Waals surface area (Å²) in [4.78, 5) is 16.3. The Morgan fingerprint density at radius 3 is 2.61 bits per heavy atom. The highest BCUT2D eigenvalue weighted by molar-refractivity contribution is 5.83. The second-order valence-electron chi connectivity index (χ2n) is 6.58. The van der Waals surface area contributed by atoms with Crippen molar-refractivity contribution < 1.29 is 13.6 Å². The Bertz CT molecular complexity index is 1100. The van der Waals surface area contributed by atoms with Crippen molar-refractivity contribution in [1.82, 2.24) is 10.3 Å². The maximum atomic E-state index is 13.0. The molecule has 0 aliphatic carbocycles. The number of halogens is 1. The van der Waals surface area contributed by atoms with Crippen LogP contribution in [0.1, 0.15) is 17.9 Å². The number of benzene rings is 3. The molecule has 28 heavy (non-hydrogen) atoms. The number of fused-ring (bicyclic) bond motifs is 1. The number of amides is 1. The molecule has 1 N–H and O–H groups in total. The Labute approximate surface area is 162 Å². The van der Waals surface area contributed by atoms with Gasteiger partial charge in [0.25, 0.3) is 0 Å². The number of carbonyl (C=O) groups excluding carboxylic acids is 1. The van der Waals surface area contributed by atoms with E-state index < -0.39 is 0 Å². The second kappa shape index (κ2) is 8.05. The maximum Gasteiger partial charge on any atom is 0.220 e. The van der Waals surface area contributed by atoms with Gasteiger partial charge in [-0.2, -0.15) is 0 Å². The molecular formula is C23H19FN2O2. The van der Waals surface area contributed by atoms with E-state index in [4.69, 9.17) is 4.42 Å². The third-order valence-corrected chi connectivity index (χ3v) is 4.55. The summed E-state index contributed by atoms with van der Waals surface area (Å²) in [5.41, 5.74) is 1.81. The summed E-state index contributed by atoms with van der Waals surface area (Å²) in [6.45, 7) is 0.482. The van der Waals surface area contributed by atoms with Crippen molar-refractivity contribution in [2.45, 2.75) is 19.4 Å². The molecule has 0 bridgehead atoms. The van der Waals surface area contributed by atoms with E-state index >= 15 is 0 Å². The Morgan fingerprint density at radius 1 is 1.00 bits per heavy atom. The molecule has 140 valence electrons. The summed E-state index contributed by atoms with van der Waals surface area (Å²) in [7, 11) is 0. The van der Waals surface area contributed by atoms with Gasteiger partial charge < -0.3 is 9.73 Å². The zero-order chi connectivity index (χ0) is 19.3. The van der Waals surface area contributed by atoms with Gasteiger partial charge in [-0.1, -0.05) is 36.4 Å². The van der Waals surface area contributed by atoms with Crippen molar-refractivity contribution >= 4 is 16.7 Å². The van der Waals surface area contributed by atoms with Crippen LogP contribution in [0.5, 0.6) is 0 Å². The van der Waals surface area contributed by atoms with Crippen LogP contribution >= 0.6 is 0 Å². The third kappa shape index (κ3) is 4.26. The standard InChI is InChI=1S/C23H19FN2O2/c24-20-9-7-18(8-10-20)21-15-26-23(28-21)12-11-22(27)25-14-16-5-6-17-3-1-2-4-19(17)13-16/h1-10,13,15H,11-12,14H2,(H,25,27). The summed E-state index contributed by atoms with van der Waals surface area (Å²) in [5.74, 6) is 0.688. The van der Waals surface area contributed by atoms with Crippen LogP contribution in [-0.2, 0) is 17.8 Å². The van der Waals surface area contributed by atoms with Crippen molar-refractivity contribution in [2.75, 3.05) is 0 Å². The summed E-state index contributed by atoms with van der Waals surface area (Å²) in [6.07, 6.45) is 2.29. The van der Waals surface area contributed by atoms with E-state index in [-0.39, 0.29) is 18.1 Å². The van der Waals surface area contributed by atoms with Crippen LogP contribution in [0.3, 0.4) is 0 Å². The SMILES string of the molecule is O=C(CCc1ncc(-c2ccc(F)cc2)o1)NCc1ccc2ccccc2c1. The van der Waals surface area contributed by atoms with Crippen molar-refractivity contribution in [1.29, 1.82) is 0 Å². The van der Waals surface area contributed by atoms with E-state index in [0.29, 0.717) is 24.6 Å². The number of hydrogen-bond acceptors (Lipinski definition) is 3. The summed E-state index contributed by atoms with van der Waals surface area (Å²) >= 11 is 0. The van der Waals surface area contributed by atoms with Crippen molar-refractivity contribution in [3.8, 4) is 11.3 Å². The Morgan fingerprint density at radius 2 is 1.79 bits per heavy atom. The summed E-state index contributed by atoms with van der Waals surface area (Å²) in [5, 5.41) is 5.26. The van der Waals surface area contributed by atoms with Crippen molar-refractivity contribution in [2.24, 2.45) is 0 Å². The number of hydrogen-bond donors (Lipinski definition) is 1. The fourth-order valence-corrected chi connectivity index (χ4v) is 3.03. The zero-order valence-electron chi connectivity index (χ0n) is 15.2. The Kier molecular flexibility index (Phi) is 5.15. The first kappa shape index (κ1) is 17.9. The molecule has 0 saturated carbocycles. The van der Waals surface area contributed by atoms with E-state index in [9.17, 15) is 9.18 Å². The molecule has 1 heterocycles. The number of nitrogens with zero attached hydrogens (tertiary/aromatic N) is 1. The highest BCUT2D eigenvalue weighted by Crippen LogP contribution is 2.21. The molecule has 0 saturated heterocycles. The van der Waals surface area contributed by atoms with Crippen LogP contribution in [0.15, 0.2) is 77.3 Å². The number of rotatable bonds is 6. The highest BCUT2D eigenvalue weighted by Gasteiger charge is 2.09. The molecule has 0 unspecified atom stereocenters. The average molecular weight is 374 g/mol. The highest BCUT2D eigenvalue weighted by atomic mass is 19.1. The van der Waals surface area contributed by atoms with Gasteiger partial charge in [0, 0.05) is 24.9 Å². The Hall–Kier alpha value is -3.47. The minimum Gasteiger partial charge on any atom is -0.441 e. The minimum absolute atomic E-state index is 0.0605. The van der Waals surface area contributed by atoms with E-state index in [1.807, 2.05) is 18.2 Å². The fourth-order valence-electron chi connectivity index (χ4n) is 3.03. The van der Waals surface area contributed by atoms with Crippen LogP contribution in [0, 0.1) is 5.82 Å². The Balaban J connectivity index is 1.30. The normalized spacial score (nSPS) is 10.9. The van der Waals surface area contributed by atoms with Crippen molar-refractivity contribution in [3.63, 3.8) is 0 Å². The average Bonchev–Trinajstić information content (AvgIpc) is 3.20. The van der Waals surface area contributed by atoms with Gasteiger partial charge in [-0.05, 0) is 46.7 Å². The van der Waals surface area contributed by atoms with Crippen LogP contribution < -0.4 is 5.32 Å². The number of aryl methyl sites for hydroxylation is 1. The first-order valence-corrected chi connectivity index (χ1v) is 9.12. The smallest absolute Gasteiger partial charge is 0.220 e. The predicted molar refractivity (Wildman–Crippen MR) is 106 cm³/mol. The van der Waals surface area contributed by atoms with Gasteiger partial charge in [-0.25, -0.2) is 9.37 Å². The molecule has 0 spiro atoms. The second-order valence-corrected chi connectivity index (χ2v) is 6.58. The first-order chi connectivity index (χ1) is 13.7. The van der Waals surface area contributed by atoms with Crippen LogP contribution in [0.25, 0.3) is 22.1 Å². The lowest BCUT2D eigenvalue weighted by atomic mass is 10.1. The monoisotopic (exact) mass is 374 g/mol. The lowest BCUT2D eigenvalue weighted by Gasteiger charge is -2.06. The molecule has 0 atom stereocenters. The van der Waals surface area contributed by atoms with E-state index in [1.54, 1.807) is 18.3 Å². The van der Waals surface area contributed by atoms with Crippen LogP contribution in [0.2, 0.25) is 0 Å². The zero-order valence-corrected chi connectivity index (χ0v) is 15.2. The summed E-state index contributed by atoms with van der Waals surface area (Å²) in [6, 6.07) is 20.3. The largest absolute Gasteiger partial charge is 0.441 e. The van der Waals surface area contributed by atoms with Gasteiger partial charge in [0.2, 0.25) is 5.91 Å². The topological polar surface area (TPSA) is 55.1 Å². The van der Waals surface area contributed by atoms with Gasteiger partial charge >= 0.3 is 0 Å². The molecule has 4 rings (SSSR count). The number of nitrogens with one attached hydrogen (secondary N) is 1. The fraction of sp³-hybridized carbons (Fsp3) is 0.130. The number of carbonyl (C=O) groups is 1. The maximum absolute atomic E-state index is 13.0. The van der Waals surface area contributed by atoms with Gasteiger partial charge in [0.1, 0.15) is 5.82 Å². The number of oxazole rings is 1. The van der Waals surface area contributed by atoms with Crippen molar-refractivity contribution in [3.05, 3.63) is 90.2 Å². The first-order valence-electron chi connectivity index (χ1n) is 9.12. The molecule has 0 radical (unpaired) electrons. The van der Waals surface area contributed by atoms with Gasteiger partial charge in [0.05, 0.1) is 6.20 Å². The lowest BCUT2D eigenvalue weighted by molar-refractivity contribution is -0.121. The molecule has 4 aromatic rings. The number of aromatic nitrogens is 1. The van der Waals surface area contributed by atoms with E-state index in [1.165, 1.54) is 17.5 Å². The van der Waals surface area contributed by atoms with Gasteiger partial charge in [-0.15, -0.1) is 0 Å². The molecule has 4 nitrogen and oxygen atoms in total. The van der Waals surface area contributed by atoms with Crippen LogP contribution in [0.4, 0.5) is 4.39 Å². The molecule has 5 heteroatoms. The molecule has 3 aromatic carbocycles. The third-order valence-electron chi connectivity index (χ3n) is 4.55. The summed E-state index contributed by atoms with van der Waals surface area (Å²) < 4.78 is 18.7. The molecule has 0 aliphatic rings. The molecule has 0 aliphatic heterocycles. The lowest BCUT2D eigenvalue weighted by Crippen LogP contribution is -2.23. The quantitative estimate of drug-likeness (QED) is 0.523. The molecule has 0 fully saturated rings. The van der Waals surface area contributed by atoms with Gasteiger partial charge in [0.15, 0.2) is 11.7 Å². The molecular weight excluding hydrogens is 355 g/mol. The van der Waals surface area contributed by atoms with Gasteiger partial charge in [-0.3, -0.25) is 4.79 Å². The van der Waals surface area contributed by atoms with E-state index in [0.717, 1.165) is 16.5 Å². The van der Waals surface area contributed by atoms with E-state index in [2.05, 4.69) is 34.6 Å². The predicted octanol–water partition coefficient (Wildman–Crippen LogP) is 4.88. The molecule has 1 amide bonds. The van der Waals surface area contributed by atoms with Crippen LogP contribution in [-0.4, -0.2) is 10.9 Å². The minimum atomic E-state index is -0.299. The molecule has 1 aromatic heterocycles.